The molecule has 18 heavy (non-hydrogen) atoms. The number of hydrogen-bond donors (Lipinski definition) is 2. The van der Waals surface area contributed by atoms with Crippen molar-refractivity contribution in [2.75, 3.05) is 19.8 Å². The predicted octanol–water partition coefficient (Wildman–Crippen LogP) is 1.35. The van der Waals surface area contributed by atoms with Crippen molar-refractivity contribution in [3.05, 3.63) is 36.0 Å². The van der Waals surface area contributed by atoms with Crippen molar-refractivity contribution in [1.29, 1.82) is 0 Å². The quantitative estimate of drug-likeness (QED) is 0.758. The predicted molar refractivity (Wildman–Crippen MR) is 66.8 cm³/mol. The summed E-state index contributed by atoms with van der Waals surface area (Å²) in [4.78, 5) is 11.2. The number of benzene rings is 1. The first-order valence-electron chi connectivity index (χ1n) is 5.74. The minimum Gasteiger partial charge on any atom is -0.477 e. The topological polar surface area (TPSA) is 71.7 Å². The lowest BCUT2D eigenvalue weighted by atomic mass is 10.2. The van der Waals surface area contributed by atoms with Crippen molar-refractivity contribution in [2.24, 2.45) is 0 Å². The number of nitrogens with zero attached hydrogens (tertiary/aromatic N) is 1. The molecule has 0 saturated carbocycles. The van der Waals surface area contributed by atoms with E-state index in [-0.39, 0.29) is 18.9 Å². The summed E-state index contributed by atoms with van der Waals surface area (Å²) in [6.07, 6.45) is 0. The Kier molecular flexibility index (Phi) is 3.96. The second kappa shape index (κ2) is 5.66. The molecule has 0 aliphatic rings. The van der Waals surface area contributed by atoms with E-state index in [1.165, 1.54) is 0 Å². The van der Waals surface area contributed by atoms with Gasteiger partial charge in [-0.15, -0.1) is 0 Å². The van der Waals surface area contributed by atoms with Gasteiger partial charge < -0.3 is 19.5 Å². The number of carboxylic acids is 1. The van der Waals surface area contributed by atoms with E-state index in [1.54, 1.807) is 10.6 Å². The zero-order chi connectivity index (χ0) is 13.0. The Bertz CT molecular complexity index is 547. The third-order valence-electron chi connectivity index (χ3n) is 2.72. The van der Waals surface area contributed by atoms with Gasteiger partial charge in [-0.1, -0.05) is 18.2 Å². The molecule has 0 amide bonds. The summed E-state index contributed by atoms with van der Waals surface area (Å²) in [7, 11) is 0. The van der Waals surface area contributed by atoms with Gasteiger partial charge in [-0.2, -0.15) is 0 Å². The fraction of sp³-hybridized carbons (Fsp3) is 0.308. The molecular formula is C13H15NO4. The van der Waals surface area contributed by atoms with E-state index in [1.807, 2.05) is 24.3 Å². The molecule has 0 bridgehead atoms. The van der Waals surface area contributed by atoms with Crippen LogP contribution >= 0.6 is 0 Å². The summed E-state index contributed by atoms with van der Waals surface area (Å²) in [5.74, 6) is -0.951. The summed E-state index contributed by atoms with van der Waals surface area (Å²) in [6, 6.07) is 9.17. The van der Waals surface area contributed by atoms with Crippen LogP contribution in [0.4, 0.5) is 0 Å². The van der Waals surface area contributed by atoms with Crippen molar-refractivity contribution in [3.63, 3.8) is 0 Å². The highest BCUT2D eigenvalue weighted by molar-refractivity contribution is 5.94. The number of aliphatic hydroxyl groups excluding tert-OH is 1. The smallest absolute Gasteiger partial charge is 0.352 e. The Morgan fingerprint density at radius 1 is 1.28 bits per heavy atom. The van der Waals surface area contributed by atoms with Crippen molar-refractivity contribution < 1.29 is 19.7 Å². The minimum absolute atomic E-state index is 0.0295. The van der Waals surface area contributed by atoms with Gasteiger partial charge in [0.05, 0.1) is 19.8 Å². The van der Waals surface area contributed by atoms with Gasteiger partial charge >= 0.3 is 5.97 Å². The maximum atomic E-state index is 11.2. The van der Waals surface area contributed by atoms with Crippen molar-refractivity contribution in [1.82, 2.24) is 4.57 Å². The average molecular weight is 249 g/mol. The number of fused-ring (bicyclic) bond motifs is 1. The van der Waals surface area contributed by atoms with Gasteiger partial charge in [0.15, 0.2) is 0 Å². The van der Waals surface area contributed by atoms with Crippen LogP contribution in [0.15, 0.2) is 30.3 Å². The molecule has 0 atom stereocenters. The lowest BCUT2D eigenvalue weighted by Gasteiger charge is -2.08. The van der Waals surface area contributed by atoms with Crippen LogP contribution in [0, 0.1) is 0 Å². The Hall–Kier alpha value is -1.85. The number of rotatable bonds is 6. The molecule has 5 heteroatoms. The summed E-state index contributed by atoms with van der Waals surface area (Å²) < 4.78 is 6.89. The van der Waals surface area contributed by atoms with Gasteiger partial charge in [0.25, 0.3) is 0 Å². The lowest BCUT2D eigenvalue weighted by molar-refractivity contribution is 0.0673. The first-order valence-corrected chi connectivity index (χ1v) is 5.74. The maximum absolute atomic E-state index is 11.2. The Balaban J connectivity index is 2.27. The summed E-state index contributed by atoms with van der Waals surface area (Å²) >= 11 is 0. The number of aliphatic hydroxyl groups is 1. The standard InChI is InChI=1S/C13H15NO4/c15-6-8-18-7-5-14-11-4-2-1-3-10(11)9-12(14)13(16)17/h1-4,9,15H,5-8H2,(H,16,17). The van der Waals surface area contributed by atoms with Crippen LogP contribution < -0.4 is 0 Å². The summed E-state index contributed by atoms with van der Waals surface area (Å²) in [6.45, 7) is 1.06. The highest BCUT2D eigenvalue weighted by Gasteiger charge is 2.13. The molecule has 1 heterocycles. The molecule has 0 saturated heterocycles. The fourth-order valence-corrected chi connectivity index (χ4v) is 1.95. The molecule has 1 aromatic carbocycles. The second-order valence-electron chi connectivity index (χ2n) is 3.88. The molecule has 2 aromatic rings. The van der Waals surface area contributed by atoms with Crippen LogP contribution in [0.5, 0.6) is 0 Å². The number of carboxylic acid groups (broad SMARTS) is 1. The average Bonchev–Trinajstić information content (AvgIpc) is 2.74. The molecule has 0 fully saturated rings. The summed E-state index contributed by atoms with van der Waals surface area (Å²) in [5.41, 5.74) is 1.13. The van der Waals surface area contributed by atoms with Crippen LogP contribution in [0.1, 0.15) is 10.5 Å². The molecule has 0 unspecified atom stereocenters. The monoisotopic (exact) mass is 249 g/mol. The maximum Gasteiger partial charge on any atom is 0.352 e. The molecular weight excluding hydrogens is 234 g/mol. The van der Waals surface area contributed by atoms with Crippen molar-refractivity contribution in [3.8, 4) is 0 Å². The van der Waals surface area contributed by atoms with Gasteiger partial charge in [0.1, 0.15) is 5.69 Å². The van der Waals surface area contributed by atoms with E-state index in [0.29, 0.717) is 13.2 Å². The van der Waals surface area contributed by atoms with Gasteiger partial charge in [0, 0.05) is 17.4 Å². The van der Waals surface area contributed by atoms with Gasteiger partial charge in [0.2, 0.25) is 0 Å². The fourth-order valence-electron chi connectivity index (χ4n) is 1.95. The van der Waals surface area contributed by atoms with E-state index in [0.717, 1.165) is 10.9 Å². The number of para-hydroxylation sites is 1. The number of aromatic carboxylic acids is 1. The number of ether oxygens (including phenoxy) is 1. The lowest BCUT2D eigenvalue weighted by Crippen LogP contribution is -2.13. The minimum atomic E-state index is -0.951. The molecule has 2 N–H and O–H groups in total. The highest BCUT2D eigenvalue weighted by Crippen LogP contribution is 2.19. The van der Waals surface area contributed by atoms with Crippen molar-refractivity contribution >= 4 is 16.9 Å². The number of carbonyl (C=O) groups is 1. The molecule has 0 radical (unpaired) electrons. The van der Waals surface area contributed by atoms with Crippen LogP contribution in [0.3, 0.4) is 0 Å². The third kappa shape index (κ3) is 2.52. The molecule has 0 spiro atoms. The van der Waals surface area contributed by atoms with E-state index < -0.39 is 5.97 Å². The third-order valence-corrected chi connectivity index (χ3v) is 2.72. The Morgan fingerprint density at radius 3 is 2.78 bits per heavy atom. The first kappa shape index (κ1) is 12.6. The molecule has 96 valence electrons. The normalized spacial score (nSPS) is 10.9. The van der Waals surface area contributed by atoms with Gasteiger partial charge in [-0.05, 0) is 12.1 Å². The van der Waals surface area contributed by atoms with E-state index in [4.69, 9.17) is 14.9 Å². The zero-order valence-electron chi connectivity index (χ0n) is 9.87. The van der Waals surface area contributed by atoms with Crippen molar-refractivity contribution in [2.45, 2.75) is 6.54 Å². The Morgan fingerprint density at radius 2 is 2.06 bits per heavy atom. The molecule has 0 aliphatic heterocycles. The van der Waals surface area contributed by atoms with Gasteiger partial charge in [-0.25, -0.2) is 4.79 Å². The molecule has 5 nitrogen and oxygen atoms in total. The van der Waals surface area contributed by atoms with Crippen LogP contribution in [0.2, 0.25) is 0 Å². The first-order chi connectivity index (χ1) is 8.74. The molecule has 0 aliphatic carbocycles. The van der Waals surface area contributed by atoms with Crippen LogP contribution in [-0.4, -0.2) is 40.6 Å². The number of aromatic nitrogens is 1. The van der Waals surface area contributed by atoms with E-state index in [2.05, 4.69) is 0 Å². The Labute approximate surface area is 104 Å². The van der Waals surface area contributed by atoms with Gasteiger partial charge in [-0.3, -0.25) is 0 Å². The van der Waals surface area contributed by atoms with E-state index in [9.17, 15) is 4.79 Å². The second-order valence-corrected chi connectivity index (χ2v) is 3.88. The highest BCUT2D eigenvalue weighted by atomic mass is 16.5. The zero-order valence-corrected chi connectivity index (χ0v) is 9.87. The molecule has 2 rings (SSSR count). The largest absolute Gasteiger partial charge is 0.477 e. The SMILES string of the molecule is O=C(O)c1cc2ccccc2n1CCOCCO. The van der Waals surface area contributed by atoms with Crippen LogP contribution in [-0.2, 0) is 11.3 Å². The number of hydrogen-bond acceptors (Lipinski definition) is 3. The van der Waals surface area contributed by atoms with E-state index >= 15 is 0 Å². The summed E-state index contributed by atoms with van der Waals surface area (Å²) in [5, 5.41) is 18.7. The van der Waals surface area contributed by atoms with Crippen LogP contribution in [0.25, 0.3) is 10.9 Å². The molecule has 1 aromatic heterocycles.